The Morgan fingerprint density at radius 3 is 1.24 bits per heavy atom. The first-order valence-electron chi connectivity index (χ1n) is 18.6. The summed E-state index contributed by atoms with van der Waals surface area (Å²) in [4.78, 5) is 12.3. The molecule has 5 fully saturated rings. The molecule has 0 saturated carbocycles. The molecule has 59 heavy (non-hydrogen) atoms. The fourth-order valence-electron chi connectivity index (χ4n) is 7.43. The van der Waals surface area contributed by atoms with Crippen molar-refractivity contribution in [1.82, 2.24) is 5.32 Å². The maximum absolute atomic E-state index is 12.3. The number of carbonyl (C=O) groups is 1. The van der Waals surface area contributed by atoms with Gasteiger partial charge in [0.1, 0.15) is 122 Å². The second-order valence-electron chi connectivity index (χ2n) is 14.7. The van der Waals surface area contributed by atoms with Crippen LogP contribution < -0.4 is 5.32 Å². The second-order valence-corrected chi connectivity index (χ2v) is 14.7. The molecule has 5 aliphatic heterocycles. The molecule has 344 valence electrons. The molecule has 0 aromatic rings. The van der Waals surface area contributed by atoms with Gasteiger partial charge < -0.3 is 130 Å². The van der Waals surface area contributed by atoms with E-state index in [2.05, 4.69) is 5.32 Å². The van der Waals surface area contributed by atoms with Crippen molar-refractivity contribution in [2.24, 2.45) is 0 Å². The maximum Gasteiger partial charge on any atom is 0.217 e. The Balaban J connectivity index is 1.35. The Bertz CT molecular complexity index is 1320. The van der Waals surface area contributed by atoms with Gasteiger partial charge in [-0.1, -0.05) is 0 Å². The molecule has 0 bridgehead atoms. The summed E-state index contributed by atoms with van der Waals surface area (Å²) >= 11 is 0. The monoisotopic (exact) mass is 869 g/mol. The van der Waals surface area contributed by atoms with Crippen LogP contribution in [0.5, 0.6) is 0 Å². The van der Waals surface area contributed by atoms with Crippen molar-refractivity contribution < 1.29 is 129 Å². The van der Waals surface area contributed by atoms with E-state index in [1.54, 1.807) is 0 Å². The highest BCUT2D eigenvalue weighted by Crippen LogP contribution is 2.35. The van der Waals surface area contributed by atoms with Gasteiger partial charge in [-0.15, -0.1) is 0 Å². The van der Waals surface area contributed by atoms with E-state index in [4.69, 9.17) is 42.6 Å². The quantitative estimate of drug-likeness (QED) is 0.0770. The Hall–Kier alpha value is -1.53. The molecule has 5 rings (SSSR count). The summed E-state index contributed by atoms with van der Waals surface area (Å²) in [6, 6.07) is -1.69. The summed E-state index contributed by atoms with van der Waals surface area (Å²) in [5.41, 5.74) is 0. The van der Waals surface area contributed by atoms with Crippen molar-refractivity contribution in [2.75, 3.05) is 33.0 Å². The summed E-state index contributed by atoms with van der Waals surface area (Å²) < 4.78 is 50.0. The van der Waals surface area contributed by atoms with Crippen LogP contribution in [0.25, 0.3) is 0 Å². The molecule has 5 aliphatic rings. The first-order chi connectivity index (χ1) is 27.9. The normalized spacial score (nSPS) is 51.0. The van der Waals surface area contributed by atoms with E-state index in [-0.39, 0.29) is 0 Å². The Morgan fingerprint density at radius 2 is 0.780 bits per heavy atom. The molecule has 5 saturated heterocycles. The lowest BCUT2D eigenvalue weighted by Crippen LogP contribution is -2.70. The fraction of sp³-hybridized carbons (Fsp3) is 0.969. The third-order valence-electron chi connectivity index (χ3n) is 10.7. The van der Waals surface area contributed by atoms with Crippen LogP contribution in [0.1, 0.15) is 6.92 Å². The van der Waals surface area contributed by atoms with Gasteiger partial charge in [0, 0.05) is 6.92 Å². The summed E-state index contributed by atoms with van der Waals surface area (Å²) in [6.07, 6.45) is -44.4. The summed E-state index contributed by atoms with van der Waals surface area (Å²) in [6.45, 7) is -3.57. The van der Waals surface area contributed by atoms with E-state index >= 15 is 0 Å². The van der Waals surface area contributed by atoms with Gasteiger partial charge in [0.2, 0.25) is 5.91 Å². The minimum atomic E-state index is -2.17. The van der Waals surface area contributed by atoms with Gasteiger partial charge >= 0.3 is 0 Å². The number of nitrogens with one attached hydrogen (secondary N) is 1. The zero-order valence-electron chi connectivity index (χ0n) is 31.2. The number of aliphatic hydroxyl groups is 16. The van der Waals surface area contributed by atoms with Crippen LogP contribution in [0.4, 0.5) is 0 Å². The number of hydrogen-bond acceptors (Lipinski definition) is 26. The topological polar surface area (TPSA) is 436 Å². The van der Waals surface area contributed by atoms with Crippen molar-refractivity contribution in [2.45, 2.75) is 160 Å². The summed E-state index contributed by atoms with van der Waals surface area (Å²) in [5.74, 6) is -0.802. The molecule has 0 unspecified atom stereocenters. The number of hydrogen-bond donors (Lipinski definition) is 17. The smallest absolute Gasteiger partial charge is 0.217 e. The van der Waals surface area contributed by atoms with E-state index in [1.165, 1.54) is 0 Å². The van der Waals surface area contributed by atoms with Gasteiger partial charge in [0.05, 0.1) is 33.0 Å². The SMILES string of the molecule is CC(=O)N[C@H]1[C@H](O[C@H]2[C@@H](O)[C@@H](CO)O[C@@H](O[C@H]3[C@@H](O)[C@@H](CO)O[C@@H](O[C@H]4[C@H](O)[C@@H](O)[C@H](O)O[C@@H]4CO)[C@@H]3O)[C@@H]2O)O[C@H](CO)[C@@H](O[C@@H]2O[C@H](CO)[C@H](O)[C@H](O)[C@H]2O)[C@@H]1O. The maximum atomic E-state index is 12.3. The Kier molecular flexibility index (Phi) is 17.1. The molecule has 0 aromatic carbocycles. The van der Waals surface area contributed by atoms with Crippen molar-refractivity contribution in [3.63, 3.8) is 0 Å². The third-order valence-corrected chi connectivity index (χ3v) is 10.7. The van der Waals surface area contributed by atoms with E-state index in [0.717, 1.165) is 6.92 Å². The molecule has 0 radical (unpaired) electrons. The van der Waals surface area contributed by atoms with Crippen molar-refractivity contribution in [1.29, 1.82) is 0 Å². The highest BCUT2D eigenvalue weighted by molar-refractivity contribution is 5.73. The van der Waals surface area contributed by atoms with Gasteiger partial charge in [0.25, 0.3) is 0 Å². The molecule has 27 heteroatoms. The molecule has 1 amide bonds. The van der Waals surface area contributed by atoms with E-state index in [0.29, 0.717) is 0 Å². The standard InChI is InChI=1S/C32H55NO26/c1-7(39)33-13-17(43)24(56-30-21(47)18(44)14(40)8(2-34)52-30)12(6-38)55-29(13)58-26-15(41)9(3-35)54-32(22(26)48)59-27-16(42)10(4-36)53-31(23(27)49)57-25-11(5-37)51-28(50)20(46)19(25)45/h8-32,34-38,40-50H,2-6H2,1H3,(H,33,39)/t8-,9-,10-,11-,12-,13-,14+,15+,16+,17-,18+,19-,20-,21-,22-,23-,24-,25-,26+,27+,28-,29+,30+,31+,32+/m1/s1. The van der Waals surface area contributed by atoms with Crippen LogP contribution in [0, 0.1) is 0 Å². The lowest BCUT2D eigenvalue weighted by atomic mass is 9.94. The summed E-state index contributed by atoms with van der Waals surface area (Å²) in [7, 11) is 0. The van der Waals surface area contributed by atoms with Crippen LogP contribution >= 0.6 is 0 Å². The Morgan fingerprint density at radius 1 is 0.407 bits per heavy atom. The predicted molar refractivity (Wildman–Crippen MR) is 178 cm³/mol. The number of aliphatic hydroxyl groups excluding tert-OH is 16. The molecular weight excluding hydrogens is 814 g/mol. The second kappa shape index (κ2) is 20.8. The zero-order chi connectivity index (χ0) is 43.6. The molecular formula is C32H55NO26. The highest BCUT2D eigenvalue weighted by atomic mass is 16.8. The van der Waals surface area contributed by atoms with Crippen LogP contribution in [-0.2, 0) is 47.4 Å². The predicted octanol–water partition coefficient (Wildman–Crippen LogP) is -11.8. The lowest BCUT2D eigenvalue weighted by Gasteiger charge is -2.50. The molecule has 0 aliphatic carbocycles. The van der Waals surface area contributed by atoms with Crippen LogP contribution in [0.15, 0.2) is 0 Å². The Labute approximate surface area is 333 Å². The molecule has 17 N–H and O–H groups in total. The minimum absolute atomic E-state index is 0.802. The molecule has 0 aromatic heterocycles. The van der Waals surface area contributed by atoms with Gasteiger partial charge in [-0.05, 0) is 0 Å². The minimum Gasteiger partial charge on any atom is -0.394 e. The average Bonchev–Trinajstić information content (AvgIpc) is 3.21. The summed E-state index contributed by atoms with van der Waals surface area (Å²) in [5, 5.41) is 170. The number of carbonyl (C=O) groups excluding carboxylic acids is 1. The van der Waals surface area contributed by atoms with Crippen molar-refractivity contribution in [3.8, 4) is 0 Å². The van der Waals surface area contributed by atoms with E-state index < -0.39 is 192 Å². The largest absolute Gasteiger partial charge is 0.394 e. The van der Waals surface area contributed by atoms with Gasteiger partial charge in [0.15, 0.2) is 31.5 Å². The molecule has 5 heterocycles. The average molecular weight is 870 g/mol. The van der Waals surface area contributed by atoms with Gasteiger partial charge in [-0.2, -0.15) is 0 Å². The first kappa shape index (κ1) is 48.5. The van der Waals surface area contributed by atoms with Gasteiger partial charge in [-0.25, -0.2) is 0 Å². The van der Waals surface area contributed by atoms with Crippen molar-refractivity contribution >= 4 is 5.91 Å². The number of ether oxygens (including phenoxy) is 9. The molecule has 25 atom stereocenters. The van der Waals surface area contributed by atoms with E-state index in [9.17, 15) is 86.5 Å². The number of rotatable bonds is 14. The van der Waals surface area contributed by atoms with Crippen LogP contribution in [-0.4, -0.2) is 274 Å². The first-order valence-corrected chi connectivity index (χ1v) is 18.6. The third kappa shape index (κ3) is 10.2. The zero-order valence-corrected chi connectivity index (χ0v) is 31.2. The van der Waals surface area contributed by atoms with E-state index in [1.807, 2.05) is 0 Å². The molecule has 0 spiro atoms. The van der Waals surface area contributed by atoms with Crippen LogP contribution in [0.2, 0.25) is 0 Å². The van der Waals surface area contributed by atoms with Crippen LogP contribution in [0.3, 0.4) is 0 Å². The molecule has 27 nitrogen and oxygen atoms in total. The fourth-order valence-corrected chi connectivity index (χ4v) is 7.43. The lowest BCUT2D eigenvalue weighted by molar-refractivity contribution is -0.389. The number of amides is 1. The van der Waals surface area contributed by atoms with Crippen molar-refractivity contribution in [3.05, 3.63) is 0 Å². The highest BCUT2D eigenvalue weighted by Gasteiger charge is 2.57. The van der Waals surface area contributed by atoms with Gasteiger partial charge in [-0.3, -0.25) is 4.79 Å².